The third-order valence-corrected chi connectivity index (χ3v) is 6.79. The van der Waals surface area contributed by atoms with Crippen LogP contribution in [-0.4, -0.2) is 16.4 Å². The Bertz CT molecular complexity index is 908. The van der Waals surface area contributed by atoms with Gasteiger partial charge in [-0.15, -0.1) is 0 Å². The topological polar surface area (TPSA) is 36.3 Å². The van der Waals surface area contributed by atoms with Gasteiger partial charge in [-0.3, -0.25) is 0 Å². The molecule has 0 bridgehead atoms. The van der Waals surface area contributed by atoms with Crippen LogP contribution in [0.1, 0.15) is 6.92 Å². The van der Waals surface area contributed by atoms with Gasteiger partial charge in [-0.05, 0) is 43.0 Å². The van der Waals surface area contributed by atoms with Gasteiger partial charge in [0.15, 0.2) is 0 Å². The van der Waals surface area contributed by atoms with Crippen LogP contribution in [0.5, 0.6) is 5.75 Å². The maximum atomic E-state index is 6.09. The fourth-order valence-corrected chi connectivity index (χ4v) is 5.42. The van der Waals surface area contributed by atoms with Gasteiger partial charge in [-0.25, -0.2) is 4.68 Å². The Labute approximate surface area is 139 Å². The quantitative estimate of drug-likeness (QED) is 0.677. The van der Waals surface area contributed by atoms with Crippen molar-refractivity contribution in [3.05, 3.63) is 60.8 Å². The first-order valence-electron chi connectivity index (χ1n) is 7.40. The Kier molecular flexibility index (Phi) is 3.57. The second-order valence-corrected chi connectivity index (χ2v) is 8.49. The van der Waals surface area contributed by atoms with Gasteiger partial charge in [0.05, 0.1) is 29.5 Å². The van der Waals surface area contributed by atoms with E-state index in [0.717, 1.165) is 28.0 Å². The fourth-order valence-electron chi connectivity index (χ4n) is 2.74. The second-order valence-electron chi connectivity index (χ2n) is 5.13. The molecule has 4 nitrogen and oxygen atoms in total. The lowest BCUT2D eigenvalue weighted by molar-refractivity contribution is 0.338. The van der Waals surface area contributed by atoms with Crippen LogP contribution in [-0.2, 0) is 16.3 Å². The number of hydrogen-bond acceptors (Lipinski definition) is 4. The molecule has 23 heavy (non-hydrogen) atoms. The maximum absolute atomic E-state index is 6.09. The highest BCUT2D eigenvalue weighted by molar-refractivity contribution is 8.13. The lowest BCUT2D eigenvalue weighted by atomic mass is 10.1. The van der Waals surface area contributed by atoms with Crippen LogP contribution in [0.4, 0.5) is 0 Å². The largest absolute Gasteiger partial charge is 0.439 e. The first-order valence-corrected chi connectivity index (χ1v) is 10.0. The van der Waals surface area contributed by atoms with Crippen LogP contribution < -0.4 is 9.83 Å². The zero-order chi connectivity index (χ0) is 15.9. The summed E-state index contributed by atoms with van der Waals surface area (Å²) in [6.07, 6.45) is 1.79. The minimum absolute atomic E-state index is 0.509. The van der Waals surface area contributed by atoms with Crippen LogP contribution in [0, 0.1) is 0 Å². The molecule has 116 valence electrons. The molecule has 6 heteroatoms. The van der Waals surface area contributed by atoms with Crippen molar-refractivity contribution in [2.24, 2.45) is 0 Å². The summed E-state index contributed by atoms with van der Waals surface area (Å²) in [5.41, 5.74) is 2.95. The van der Waals surface area contributed by atoms with Crippen LogP contribution in [0.3, 0.4) is 0 Å². The highest BCUT2D eigenvalue weighted by Gasteiger charge is 2.36. The molecule has 0 radical (unpaired) electrons. The van der Waals surface area contributed by atoms with Crippen LogP contribution in [0.2, 0.25) is 0 Å². The molecule has 0 saturated carbocycles. The molecule has 1 aromatic heterocycles. The molecule has 0 saturated heterocycles. The molecule has 0 N–H and O–H groups in total. The Morgan fingerprint density at radius 3 is 2.65 bits per heavy atom. The van der Waals surface area contributed by atoms with Crippen molar-refractivity contribution in [1.82, 2.24) is 9.78 Å². The van der Waals surface area contributed by atoms with Crippen molar-refractivity contribution in [3.63, 3.8) is 0 Å². The highest BCUT2D eigenvalue weighted by atomic mass is 32.5. The van der Waals surface area contributed by atoms with Gasteiger partial charge in [0.25, 0.3) is 6.49 Å². The van der Waals surface area contributed by atoms with E-state index in [1.54, 1.807) is 6.20 Å². The average Bonchev–Trinajstić information content (AvgIpc) is 3.02. The summed E-state index contributed by atoms with van der Waals surface area (Å²) < 4.78 is 13.9. The van der Waals surface area contributed by atoms with Crippen LogP contribution >= 0.6 is 6.49 Å². The van der Waals surface area contributed by atoms with Crippen molar-refractivity contribution in [2.45, 2.75) is 6.92 Å². The molecule has 0 fully saturated rings. The van der Waals surface area contributed by atoms with Crippen molar-refractivity contribution in [2.75, 3.05) is 6.61 Å². The van der Waals surface area contributed by atoms with E-state index in [1.807, 2.05) is 66.2 Å². The summed E-state index contributed by atoms with van der Waals surface area (Å²) in [5, 5.41) is 5.43. The monoisotopic (exact) mass is 342 g/mol. The number of aromatic nitrogens is 2. The molecular formula is C17H15N2O2PS. The molecule has 4 rings (SSSR count). The smallest absolute Gasteiger partial charge is 0.273 e. The molecule has 1 atom stereocenters. The number of para-hydroxylation sites is 2. The van der Waals surface area contributed by atoms with Gasteiger partial charge >= 0.3 is 0 Å². The molecular weight excluding hydrogens is 327 g/mol. The van der Waals surface area contributed by atoms with Gasteiger partial charge in [0.2, 0.25) is 0 Å². The predicted molar refractivity (Wildman–Crippen MR) is 95.2 cm³/mol. The molecule has 0 spiro atoms. The van der Waals surface area contributed by atoms with Crippen molar-refractivity contribution in [1.29, 1.82) is 0 Å². The fraction of sp³-hybridized carbons (Fsp3) is 0.118. The molecule has 1 unspecified atom stereocenters. The van der Waals surface area contributed by atoms with E-state index < -0.39 is 6.49 Å². The zero-order valence-corrected chi connectivity index (χ0v) is 14.3. The van der Waals surface area contributed by atoms with Gasteiger partial charge in [-0.1, -0.05) is 30.3 Å². The summed E-state index contributed by atoms with van der Waals surface area (Å²) in [7, 11) is 0. The van der Waals surface area contributed by atoms with E-state index in [1.165, 1.54) is 0 Å². The van der Waals surface area contributed by atoms with Gasteiger partial charge in [0.1, 0.15) is 5.75 Å². The first-order chi connectivity index (χ1) is 11.2. The normalized spacial score (nSPS) is 18.8. The van der Waals surface area contributed by atoms with Crippen molar-refractivity contribution in [3.8, 4) is 22.7 Å². The predicted octanol–water partition coefficient (Wildman–Crippen LogP) is 3.90. The van der Waals surface area contributed by atoms with Crippen LogP contribution in [0.15, 0.2) is 60.8 Å². The molecule has 0 amide bonds. The van der Waals surface area contributed by atoms with Gasteiger partial charge in [0, 0.05) is 5.56 Å². The van der Waals surface area contributed by atoms with E-state index in [2.05, 4.69) is 5.10 Å². The number of hydrogen-bond donors (Lipinski definition) is 0. The average molecular weight is 342 g/mol. The molecule has 1 aliphatic rings. The van der Waals surface area contributed by atoms with Gasteiger partial charge in [-0.2, -0.15) is 5.10 Å². The van der Waals surface area contributed by atoms with Gasteiger partial charge < -0.3 is 9.05 Å². The Morgan fingerprint density at radius 2 is 1.87 bits per heavy atom. The number of rotatable bonds is 3. The van der Waals surface area contributed by atoms with E-state index in [4.69, 9.17) is 20.9 Å². The third kappa shape index (κ3) is 2.32. The van der Waals surface area contributed by atoms with Crippen molar-refractivity contribution < 1.29 is 9.05 Å². The minimum Gasteiger partial charge on any atom is -0.439 e. The summed E-state index contributed by atoms with van der Waals surface area (Å²) in [6, 6.07) is 17.9. The standard InChI is InChI=1S/C17H15N2O2PS/c1-2-20-22(23)16-12-18-19(13-8-4-3-5-9-13)17(16)14-10-6-7-11-15(14)21-22/h3-12H,2H2,1H3. The second kappa shape index (κ2) is 5.60. The molecule has 0 aliphatic carbocycles. The molecule has 1 aliphatic heterocycles. The Morgan fingerprint density at radius 1 is 1.13 bits per heavy atom. The van der Waals surface area contributed by atoms with E-state index in [9.17, 15) is 0 Å². The molecule has 3 aromatic rings. The maximum Gasteiger partial charge on any atom is 0.273 e. The summed E-state index contributed by atoms with van der Waals surface area (Å²) in [4.78, 5) is 0. The summed E-state index contributed by atoms with van der Waals surface area (Å²) >= 11 is 5.76. The summed E-state index contributed by atoms with van der Waals surface area (Å²) in [5.74, 6) is 0.759. The van der Waals surface area contributed by atoms with E-state index >= 15 is 0 Å². The molecule has 2 heterocycles. The SMILES string of the molecule is CCOP1(=S)Oc2ccccc2-c2c1cnn2-c1ccccc1. The zero-order valence-electron chi connectivity index (χ0n) is 12.5. The summed E-state index contributed by atoms with van der Waals surface area (Å²) in [6.45, 7) is -0.146. The van der Waals surface area contributed by atoms with Crippen molar-refractivity contribution >= 4 is 23.6 Å². The Hall–Kier alpha value is -1.94. The third-order valence-electron chi connectivity index (χ3n) is 3.71. The number of nitrogens with zero attached hydrogens (tertiary/aromatic N) is 2. The lowest BCUT2D eigenvalue weighted by Gasteiger charge is -2.28. The van der Waals surface area contributed by atoms with Crippen LogP contribution in [0.25, 0.3) is 16.9 Å². The number of fused-ring (bicyclic) bond motifs is 3. The van der Waals surface area contributed by atoms with E-state index in [0.29, 0.717) is 6.61 Å². The first kappa shape index (κ1) is 14.6. The lowest BCUT2D eigenvalue weighted by Crippen LogP contribution is -2.19. The Balaban J connectivity index is 2.00. The molecule has 2 aromatic carbocycles. The number of benzene rings is 2. The minimum atomic E-state index is -2.59. The highest BCUT2D eigenvalue weighted by Crippen LogP contribution is 2.55. The van der Waals surface area contributed by atoms with E-state index in [-0.39, 0.29) is 0 Å².